The summed E-state index contributed by atoms with van der Waals surface area (Å²) in [7, 11) is 1.65. The summed E-state index contributed by atoms with van der Waals surface area (Å²) in [6, 6.07) is 0. The van der Waals surface area contributed by atoms with Crippen LogP contribution in [0.15, 0.2) is 12.7 Å². The summed E-state index contributed by atoms with van der Waals surface area (Å²) in [6.07, 6.45) is 5.16. The Bertz CT molecular complexity index is 126. The van der Waals surface area contributed by atoms with Gasteiger partial charge in [0, 0.05) is 13.7 Å². The zero-order chi connectivity index (χ0) is 10.6. The van der Waals surface area contributed by atoms with Gasteiger partial charge in [-0.3, -0.25) is 0 Å². The molecule has 1 unspecified atom stereocenters. The largest absolute Gasteiger partial charge is 0.393 e. The lowest BCUT2D eigenvalue weighted by atomic mass is 10.1. The van der Waals surface area contributed by atoms with Crippen molar-refractivity contribution in [3.8, 4) is 0 Å². The third kappa shape index (κ3) is 9.71. The molecule has 0 bridgehead atoms. The number of unbranched alkanes of at least 4 members (excludes halogenated alkanes) is 1. The van der Waals surface area contributed by atoms with Crippen molar-refractivity contribution in [3.05, 3.63) is 12.7 Å². The Balaban J connectivity index is 3.09. The Kier molecular flexibility index (Phi) is 10.4. The van der Waals surface area contributed by atoms with E-state index in [9.17, 15) is 5.11 Å². The smallest absolute Gasteiger partial charge is 0.0700 e. The van der Waals surface area contributed by atoms with Crippen molar-refractivity contribution in [1.82, 2.24) is 0 Å². The fourth-order valence-corrected chi connectivity index (χ4v) is 1.11. The van der Waals surface area contributed by atoms with E-state index >= 15 is 0 Å². The summed E-state index contributed by atoms with van der Waals surface area (Å²) in [5, 5.41) is 9.49. The van der Waals surface area contributed by atoms with E-state index in [1.807, 2.05) is 6.08 Å². The summed E-state index contributed by atoms with van der Waals surface area (Å²) >= 11 is 0. The fourth-order valence-electron chi connectivity index (χ4n) is 1.11. The minimum absolute atomic E-state index is 0.238. The van der Waals surface area contributed by atoms with Crippen molar-refractivity contribution in [2.24, 2.45) is 0 Å². The van der Waals surface area contributed by atoms with E-state index in [2.05, 4.69) is 6.58 Å². The Morgan fingerprint density at radius 2 is 2.07 bits per heavy atom. The van der Waals surface area contributed by atoms with Crippen LogP contribution >= 0.6 is 0 Å². The molecule has 0 aromatic rings. The molecule has 3 heteroatoms. The number of aliphatic hydroxyl groups is 1. The molecule has 1 atom stereocenters. The number of hydrogen-bond donors (Lipinski definition) is 1. The summed E-state index contributed by atoms with van der Waals surface area (Å²) in [5.41, 5.74) is 0. The number of rotatable bonds is 10. The van der Waals surface area contributed by atoms with Crippen molar-refractivity contribution in [2.75, 3.05) is 26.9 Å². The first-order chi connectivity index (χ1) is 6.81. The van der Waals surface area contributed by atoms with Crippen LogP contribution in [0.2, 0.25) is 0 Å². The van der Waals surface area contributed by atoms with E-state index in [-0.39, 0.29) is 6.10 Å². The molecule has 0 aliphatic heterocycles. The minimum Gasteiger partial charge on any atom is -0.393 e. The maximum absolute atomic E-state index is 9.49. The van der Waals surface area contributed by atoms with Crippen molar-refractivity contribution in [1.29, 1.82) is 0 Å². The van der Waals surface area contributed by atoms with Crippen LogP contribution in [0, 0.1) is 0 Å². The third-order valence-corrected chi connectivity index (χ3v) is 1.97. The lowest BCUT2D eigenvalue weighted by molar-refractivity contribution is 0.0456. The van der Waals surface area contributed by atoms with Crippen LogP contribution in [-0.2, 0) is 9.47 Å². The van der Waals surface area contributed by atoms with Crippen LogP contribution in [0.5, 0.6) is 0 Å². The molecule has 84 valence electrons. The number of methoxy groups -OCH3 is 1. The van der Waals surface area contributed by atoms with Gasteiger partial charge in [-0.05, 0) is 25.7 Å². The molecule has 0 aliphatic carbocycles. The Labute approximate surface area is 86.7 Å². The molecule has 0 aromatic heterocycles. The zero-order valence-electron chi connectivity index (χ0n) is 9.08. The minimum atomic E-state index is -0.238. The topological polar surface area (TPSA) is 38.7 Å². The second-order valence-corrected chi connectivity index (χ2v) is 3.27. The van der Waals surface area contributed by atoms with Crippen molar-refractivity contribution in [3.63, 3.8) is 0 Å². The van der Waals surface area contributed by atoms with Gasteiger partial charge in [-0.25, -0.2) is 0 Å². The van der Waals surface area contributed by atoms with E-state index < -0.39 is 0 Å². The normalized spacial score (nSPS) is 12.7. The molecule has 0 aromatic carbocycles. The van der Waals surface area contributed by atoms with E-state index in [1.165, 1.54) is 0 Å². The molecule has 14 heavy (non-hydrogen) atoms. The van der Waals surface area contributed by atoms with Crippen LogP contribution < -0.4 is 0 Å². The predicted molar refractivity (Wildman–Crippen MR) is 57.4 cm³/mol. The highest BCUT2D eigenvalue weighted by Crippen LogP contribution is 2.04. The second kappa shape index (κ2) is 10.7. The van der Waals surface area contributed by atoms with Crippen molar-refractivity contribution >= 4 is 0 Å². The molecule has 0 saturated carbocycles. The Hall–Kier alpha value is -0.380. The van der Waals surface area contributed by atoms with E-state index in [0.29, 0.717) is 26.2 Å². The van der Waals surface area contributed by atoms with Gasteiger partial charge >= 0.3 is 0 Å². The van der Waals surface area contributed by atoms with Crippen molar-refractivity contribution in [2.45, 2.75) is 31.8 Å². The van der Waals surface area contributed by atoms with Crippen molar-refractivity contribution < 1.29 is 14.6 Å². The van der Waals surface area contributed by atoms with Gasteiger partial charge in [0.1, 0.15) is 0 Å². The molecule has 0 heterocycles. The highest BCUT2D eigenvalue weighted by atomic mass is 16.5. The van der Waals surface area contributed by atoms with Gasteiger partial charge in [0.15, 0.2) is 0 Å². The summed E-state index contributed by atoms with van der Waals surface area (Å²) in [6.45, 7) is 5.47. The van der Waals surface area contributed by atoms with E-state index in [1.54, 1.807) is 7.11 Å². The highest BCUT2D eigenvalue weighted by molar-refractivity contribution is 4.67. The molecule has 0 amide bonds. The number of aliphatic hydroxyl groups excluding tert-OH is 1. The highest BCUT2D eigenvalue weighted by Gasteiger charge is 2.02. The van der Waals surface area contributed by atoms with Gasteiger partial charge < -0.3 is 14.6 Å². The molecular formula is C11H22O3. The molecule has 0 rings (SSSR count). The van der Waals surface area contributed by atoms with Gasteiger partial charge in [-0.1, -0.05) is 6.08 Å². The monoisotopic (exact) mass is 202 g/mol. The molecule has 0 aliphatic rings. The predicted octanol–water partition coefficient (Wildman–Crippen LogP) is 1.76. The third-order valence-electron chi connectivity index (χ3n) is 1.97. The molecular weight excluding hydrogens is 180 g/mol. The maximum Gasteiger partial charge on any atom is 0.0700 e. The average molecular weight is 202 g/mol. The molecule has 3 nitrogen and oxygen atoms in total. The molecule has 0 spiro atoms. The zero-order valence-corrected chi connectivity index (χ0v) is 9.08. The average Bonchev–Trinajstić information content (AvgIpc) is 2.18. The van der Waals surface area contributed by atoms with Crippen LogP contribution in [0.1, 0.15) is 25.7 Å². The quantitative estimate of drug-likeness (QED) is 0.433. The summed E-state index contributed by atoms with van der Waals surface area (Å²) in [5.74, 6) is 0. The lowest BCUT2D eigenvalue weighted by Crippen LogP contribution is -2.12. The van der Waals surface area contributed by atoms with E-state index in [0.717, 1.165) is 19.3 Å². The van der Waals surface area contributed by atoms with Crippen LogP contribution in [0.4, 0.5) is 0 Å². The van der Waals surface area contributed by atoms with Gasteiger partial charge in [0.05, 0.1) is 19.3 Å². The SMILES string of the molecule is C=CCCCC(O)CCOCCOC. The number of ether oxygens (including phenoxy) is 2. The molecule has 0 saturated heterocycles. The maximum atomic E-state index is 9.49. The van der Waals surface area contributed by atoms with Gasteiger partial charge in [-0.15, -0.1) is 6.58 Å². The standard InChI is InChI=1S/C11H22O3/c1-3-4-5-6-11(12)7-8-14-10-9-13-2/h3,11-12H,1,4-10H2,2H3. The molecule has 1 N–H and O–H groups in total. The summed E-state index contributed by atoms with van der Waals surface area (Å²) in [4.78, 5) is 0. The lowest BCUT2D eigenvalue weighted by Gasteiger charge is -2.09. The van der Waals surface area contributed by atoms with E-state index in [4.69, 9.17) is 9.47 Å². The first-order valence-corrected chi connectivity index (χ1v) is 5.17. The molecule has 0 radical (unpaired) electrons. The Morgan fingerprint density at radius 3 is 2.71 bits per heavy atom. The fraction of sp³-hybridized carbons (Fsp3) is 0.818. The number of allylic oxidation sites excluding steroid dienone is 1. The first-order valence-electron chi connectivity index (χ1n) is 5.17. The molecule has 0 fully saturated rings. The Morgan fingerprint density at radius 1 is 1.29 bits per heavy atom. The van der Waals surface area contributed by atoms with Crippen LogP contribution in [0.25, 0.3) is 0 Å². The van der Waals surface area contributed by atoms with Crippen LogP contribution in [-0.4, -0.2) is 38.1 Å². The van der Waals surface area contributed by atoms with Gasteiger partial charge in [0.2, 0.25) is 0 Å². The second-order valence-electron chi connectivity index (χ2n) is 3.27. The number of hydrogen-bond acceptors (Lipinski definition) is 3. The van der Waals surface area contributed by atoms with Crippen LogP contribution in [0.3, 0.4) is 0 Å². The van der Waals surface area contributed by atoms with Gasteiger partial charge in [0.25, 0.3) is 0 Å². The summed E-state index contributed by atoms with van der Waals surface area (Å²) < 4.78 is 10.1. The first kappa shape index (κ1) is 13.6. The van der Waals surface area contributed by atoms with Gasteiger partial charge in [-0.2, -0.15) is 0 Å².